The first kappa shape index (κ1) is 23.1. The van der Waals surface area contributed by atoms with E-state index in [0.717, 1.165) is 28.9 Å². The molecule has 0 unspecified atom stereocenters. The third-order valence-electron chi connectivity index (χ3n) is 4.82. The summed E-state index contributed by atoms with van der Waals surface area (Å²) >= 11 is 1.48. The van der Waals surface area contributed by atoms with E-state index >= 15 is 0 Å². The molecule has 0 spiro atoms. The molecule has 1 aliphatic heterocycles. The quantitative estimate of drug-likeness (QED) is 0.525. The van der Waals surface area contributed by atoms with Crippen molar-refractivity contribution < 1.29 is 19.0 Å². The van der Waals surface area contributed by atoms with Gasteiger partial charge in [0.1, 0.15) is 19.0 Å². The molecular weight excluding hydrogens is 438 g/mol. The molecule has 3 aromatic rings. The van der Waals surface area contributed by atoms with Crippen LogP contribution in [0.2, 0.25) is 0 Å². The first-order chi connectivity index (χ1) is 14.5. The Morgan fingerprint density at radius 3 is 2.58 bits per heavy atom. The lowest BCUT2D eigenvalue weighted by Gasteiger charge is -2.21. The Morgan fingerprint density at radius 2 is 1.87 bits per heavy atom. The number of halogens is 1. The Bertz CT molecular complexity index is 1010. The molecule has 7 nitrogen and oxygen atoms in total. The molecule has 1 aliphatic rings. The second-order valence-electron chi connectivity index (χ2n) is 7.31. The number of nitrogens with zero attached hydrogens (tertiary/aromatic N) is 3. The number of ether oxygens (including phenoxy) is 3. The summed E-state index contributed by atoms with van der Waals surface area (Å²) in [5, 5.41) is 0.666. The van der Waals surface area contributed by atoms with Crippen LogP contribution in [-0.2, 0) is 0 Å². The van der Waals surface area contributed by atoms with Crippen LogP contribution in [0.4, 0.5) is 5.13 Å². The van der Waals surface area contributed by atoms with Crippen molar-refractivity contribution in [2.24, 2.45) is 0 Å². The fourth-order valence-corrected chi connectivity index (χ4v) is 4.31. The third-order valence-corrected chi connectivity index (χ3v) is 5.86. The van der Waals surface area contributed by atoms with Crippen molar-refractivity contribution in [3.63, 3.8) is 0 Å². The van der Waals surface area contributed by atoms with Gasteiger partial charge < -0.3 is 19.1 Å². The van der Waals surface area contributed by atoms with Gasteiger partial charge in [-0.1, -0.05) is 17.4 Å². The van der Waals surface area contributed by atoms with Crippen LogP contribution in [0.1, 0.15) is 16.8 Å². The van der Waals surface area contributed by atoms with Crippen molar-refractivity contribution in [3.05, 3.63) is 42.0 Å². The fourth-order valence-electron chi connectivity index (χ4n) is 3.31. The minimum Gasteiger partial charge on any atom is -0.497 e. The highest BCUT2D eigenvalue weighted by molar-refractivity contribution is 7.22. The second-order valence-corrected chi connectivity index (χ2v) is 8.31. The Kier molecular flexibility index (Phi) is 7.59. The molecule has 1 aromatic heterocycles. The molecule has 2 aromatic carbocycles. The molecule has 2 heterocycles. The highest BCUT2D eigenvalue weighted by Crippen LogP contribution is 2.39. The van der Waals surface area contributed by atoms with Gasteiger partial charge in [0.2, 0.25) is 0 Å². The SMILES string of the molecule is COc1cccc(C(=O)N(CCCN(C)C)c2nc3cc4c(cc3s2)OCCO4)c1.Cl. The Balaban J connectivity index is 0.00000272. The summed E-state index contributed by atoms with van der Waals surface area (Å²) in [4.78, 5) is 22.0. The van der Waals surface area contributed by atoms with E-state index in [0.29, 0.717) is 42.0 Å². The average Bonchev–Trinajstić information content (AvgIpc) is 3.16. The number of carbonyl (C=O) groups excluding carboxylic acids is 1. The van der Waals surface area contributed by atoms with Gasteiger partial charge in [-0.15, -0.1) is 12.4 Å². The number of carbonyl (C=O) groups is 1. The highest BCUT2D eigenvalue weighted by atomic mass is 35.5. The van der Waals surface area contributed by atoms with E-state index in [1.165, 1.54) is 11.3 Å². The van der Waals surface area contributed by atoms with Gasteiger partial charge in [0.15, 0.2) is 16.6 Å². The van der Waals surface area contributed by atoms with Crippen LogP contribution in [0.15, 0.2) is 36.4 Å². The van der Waals surface area contributed by atoms with Crippen molar-refractivity contribution in [1.82, 2.24) is 9.88 Å². The van der Waals surface area contributed by atoms with Gasteiger partial charge in [0, 0.05) is 24.2 Å². The van der Waals surface area contributed by atoms with E-state index in [1.54, 1.807) is 24.1 Å². The van der Waals surface area contributed by atoms with Crippen molar-refractivity contribution in [3.8, 4) is 17.2 Å². The van der Waals surface area contributed by atoms with Gasteiger partial charge in [-0.25, -0.2) is 4.98 Å². The summed E-state index contributed by atoms with van der Waals surface area (Å²) in [6.07, 6.45) is 0.835. The number of hydrogen-bond donors (Lipinski definition) is 0. The summed E-state index contributed by atoms with van der Waals surface area (Å²) in [6, 6.07) is 11.0. The van der Waals surface area contributed by atoms with Gasteiger partial charge >= 0.3 is 0 Å². The molecule has 0 radical (unpaired) electrons. The highest BCUT2D eigenvalue weighted by Gasteiger charge is 2.23. The lowest BCUT2D eigenvalue weighted by atomic mass is 10.2. The molecule has 166 valence electrons. The van der Waals surface area contributed by atoms with E-state index in [2.05, 4.69) is 4.90 Å². The molecule has 0 bridgehead atoms. The van der Waals surface area contributed by atoms with Crippen LogP contribution in [-0.4, -0.2) is 63.3 Å². The normalized spacial score (nSPS) is 12.5. The van der Waals surface area contributed by atoms with Crippen LogP contribution >= 0.6 is 23.7 Å². The smallest absolute Gasteiger partial charge is 0.260 e. The molecule has 9 heteroatoms. The summed E-state index contributed by atoms with van der Waals surface area (Å²) < 4.78 is 17.6. The molecule has 0 saturated heterocycles. The number of methoxy groups -OCH3 is 1. The summed E-state index contributed by atoms with van der Waals surface area (Å²) in [7, 11) is 5.64. The minimum atomic E-state index is -0.0935. The number of amides is 1. The number of anilines is 1. The molecule has 1 amide bonds. The summed E-state index contributed by atoms with van der Waals surface area (Å²) in [5.74, 6) is 1.98. The molecular formula is C22H26ClN3O4S. The van der Waals surface area contributed by atoms with E-state index in [9.17, 15) is 4.79 Å². The van der Waals surface area contributed by atoms with E-state index in [-0.39, 0.29) is 18.3 Å². The van der Waals surface area contributed by atoms with Gasteiger partial charge in [-0.3, -0.25) is 9.69 Å². The zero-order valence-corrected chi connectivity index (χ0v) is 19.4. The minimum absolute atomic E-state index is 0. The van der Waals surface area contributed by atoms with Crippen LogP contribution in [0.25, 0.3) is 10.2 Å². The van der Waals surface area contributed by atoms with E-state index in [1.807, 2.05) is 38.4 Å². The predicted octanol–water partition coefficient (Wildman–Crippen LogP) is 4.10. The maximum absolute atomic E-state index is 13.4. The monoisotopic (exact) mass is 463 g/mol. The van der Waals surface area contributed by atoms with Crippen LogP contribution in [0.3, 0.4) is 0 Å². The zero-order valence-electron chi connectivity index (χ0n) is 17.8. The Morgan fingerprint density at radius 1 is 1.13 bits per heavy atom. The Hall–Kier alpha value is -2.55. The number of hydrogen-bond acceptors (Lipinski definition) is 7. The van der Waals surface area contributed by atoms with E-state index < -0.39 is 0 Å². The van der Waals surface area contributed by atoms with Crippen LogP contribution < -0.4 is 19.1 Å². The van der Waals surface area contributed by atoms with Crippen molar-refractivity contribution in [2.45, 2.75) is 6.42 Å². The maximum Gasteiger partial charge on any atom is 0.260 e. The van der Waals surface area contributed by atoms with Crippen LogP contribution in [0.5, 0.6) is 17.2 Å². The molecule has 4 rings (SSSR count). The molecule has 31 heavy (non-hydrogen) atoms. The maximum atomic E-state index is 13.4. The topological polar surface area (TPSA) is 64.1 Å². The predicted molar refractivity (Wildman–Crippen MR) is 126 cm³/mol. The number of thiazole rings is 1. The van der Waals surface area contributed by atoms with Gasteiger partial charge in [0.05, 0.1) is 17.3 Å². The fraction of sp³-hybridized carbons (Fsp3) is 0.364. The van der Waals surface area contributed by atoms with Crippen molar-refractivity contribution in [1.29, 1.82) is 0 Å². The second kappa shape index (κ2) is 10.2. The lowest BCUT2D eigenvalue weighted by molar-refractivity contribution is 0.0985. The van der Waals surface area contributed by atoms with Crippen LogP contribution in [0, 0.1) is 0 Å². The molecule has 0 fully saturated rings. The number of fused-ring (bicyclic) bond motifs is 2. The number of aromatic nitrogens is 1. The third kappa shape index (κ3) is 5.20. The molecule has 0 N–H and O–H groups in total. The first-order valence-corrected chi connectivity index (χ1v) is 10.7. The lowest BCUT2D eigenvalue weighted by Crippen LogP contribution is -2.33. The zero-order chi connectivity index (χ0) is 21.1. The first-order valence-electron chi connectivity index (χ1n) is 9.86. The molecule has 0 saturated carbocycles. The molecule has 0 aliphatic carbocycles. The number of benzene rings is 2. The van der Waals surface area contributed by atoms with Gasteiger partial charge in [0.25, 0.3) is 5.91 Å². The number of rotatable bonds is 7. The Labute approximate surface area is 191 Å². The van der Waals surface area contributed by atoms with E-state index in [4.69, 9.17) is 19.2 Å². The molecule has 0 atom stereocenters. The largest absolute Gasteiger partial charge is 0.497 e. The summed E-state index contributed by atoms with van der Waals surface area (Å²) in [6.45, 7) is 2.51. The van der Waals surface area contributed by atoms with Crippen molar-refractivity contribution >= 4 is 45.0 Å². The average molecular weight is 464 g/mol. The van der Waals surface area contributed by atoms with Gasteiger partial charge in [-0.05, 0) is 45.3 Å². The van der Waals surface area contributed by atoms with Gasteiger partial charge in [-0.2, -0.15) is 0 Å². The van der Waals surface area contributed by atoms with Crippen molar-refractivity contribution in [2.75, 3.05) is 52.4 Å². The standard InChI is InChI=1S/C22H25N3O4S.ClH/c1-24(2)8-5-9-25(21(26)15-6-4-7-16(12-15)27-3)22-23-17-13-18-19(14-20(17)30-22)29-11-10-28-18;/h4,6-7,12-14H,5,8-11H2,1-3H3;1H. The summed E-state index contributed by atoms with van der Waals surface area (Å²) in [5.41, 5.74) is 1.37.